The number of nitrogen functional groups attached to an aromatic ring is 2. The first kappa shape index (κ1) is 28.6. The van der Waals surface area contributed by atoms with Crippen LogP contribution in [0, 0.1) is 0 Å². The van der Waals surface area contributed by atoms with Crippen LogP contribution in [0.25, 0.3) is 22.2 Å². The van der Waals surface area contributed by atoms with E-state index >= 15 is 0 Å². The van der Waals surface area contributed by atoms with Gasteiger partial charge in [0.1, 0.15) is 54.4 Å². The molecule has 0 bridgehead atoms. The highest BCUT2D eigenvalue weighted by Gasteiger charge is 2.50. The summed E-state index contributed by atoms with van der Waals surface area (Å²) in [5.41, 5.74) is 10.9. The number of nitrogens with two attached hydrogens (primary N) is 2. The van der Waals surface area contributed by atoms with Crippen LogP contribution >= 0.6 is 7.82 Å². The number of fused-ring (bicyclic) bond motifs is 2. The number of aromatic nitrogens is 7. The number of H-pyrrole nitrogens is 1. The molecule has 6 heterocycles. The van der Waals surface area contributed by atoms with E-state index in [4.69, 9.17) is 30.0 Å². The minimum atomic E-state index is -5.04. The number of aliphatic hydroxyl groups excluding tert-OH is 4. The summed E-state index contributed by atoms with van der Waals surface area (Å²) in [7, 11) is -5.04. The molecule has 3 unspecified atom stereocenters. The Hall–Kier alpha value is -3.56. The van der Waals surface area contributed by atoms with Crippen LogP contribution in [0.1, 0.15) is 12.5 Å². The largest absolute Gasteiger partial charge is 0.472 e. The molecule has 226 valence electrons. The van der Waals surface area contributed by atoms with Crippen LogP contribution in [0.5, 0.6) is 0 Å². The normalized spacial score (nSPS) is 31.3. The number of aliphatic hydroxyl groups is 4. The van der Waals surface area contributed by atoms with Gasteiger partial charge in [0.25, 0.3) is 5.56 Å². The molecule has 0 amide bonds. The van der Waals surface area contributed by atoms with E-state index in [1.54, 1.807) is 6.07 Å². The van der Waals surface area contributed by atoms with Gasteiger partial charge >= 0.3 is 7.82 Å². The lowest BCUT2D eigenvalue weighted by atomic mass is 10.1. The zero-order valence-corrected chi connectivity index (χ0v) is 22.2. The molecular formula is C21H26N9O11P. The van der Waals surface area contributed by atoms with Crippen molar-refractivity contribution >= 4 is 41.8 Å². The molecule has 0 radical (unpaired) electrons. The van der Waals surface area contributed by atoms with Gasteiger partial charge in [0.15, 0.2) is 23.6 Å². The Kier molecular flexibility index (Phi) is 7.22. The third-order valence-electron chi connectivity index (χ3n) is 7.03. The van der Waals surface area contributed by atoms with Gasteiger partial charge < -0.3 is 50.8 Å². The van der Waals surface area contributed by atoms with Gasteiger partial charge in [-0.25, -0.2) is 19.5 Å². The summed E-state index contributed by atoms with van der Waals surface area (Å²) in [6.07, 6.45) is -7.57. The molecule has 0 spiro atoms. The fourth-order valence-corrected chi connectivity index (χ4v) is 5.91. The minimum absolute atomic E-state index is 0.0820. The Bertz CT molecular complexity index is 1730. The van der Waals surface area contributed by atoms with Crippen molar-refractivity contribution in [3.8, 4) is 0 Å². The van der Waals surface area contributed by atoms with Crippen LogP contribution < -0.4 is 17.0 Å². The van der Waals surface area contributed by atoms with E-state index in [9.17, 15) is 34.7 Å². The minimum Gasteiger partial charge on any atom is -0.394 e. The fourth-order valence-electron chi connectivity index (χ4n) is 4.98. The molecule has 9 atom stereocenters. The highest BCUT2D eigenvalue weighted by atomic mass is 31.2. The Morgan fingerprint density at radius 2 is 1.79 bits per heavy atom. The quantitative estimate of drug-likeness (QED) is 0.0926. The van der Waals surface area contributed by atoms with E-state index < -0.39 is 75.7 Å². The number of phosphoric ester groups is 1. The number of rotatable bonds is 8. The molecule has 0 aromatic carbocycles. The zero-order chi connectivity index (χ0) is 29.9. The first-order valence-corrected chi connectivity index (χ1v) is 13.9. The van der Waals surface area contributed by atoms with Gasteiger partial charge in [0, 0.05) is 6.20 Å². The number of nitrogens with one attached hydrogen (secondary N) is 1. The molecule has 2 saturated heterocycles. The second-order valence-corrected chi connectivity index (χ2v) is 11.0. The van der Waals surface area contributed by atoms with Crippen LogP contribution in [0.2, 0.25) is 0 Å². The topological polar surface area (TPSA) is 301 Å². The highest BCUT2D eigenvalue weighted by Crippen LogP contribution is 2.50. The zero-order valence-electron chi connectivity index (χ0n) is 21.3. The van der Waals surface area contributed by atoms with Gasteiger partial charge in [-0.15, -0.1) is 0 Å². The van der Waals surface area contributed by atoms with Crippen molar-refractivity contribution in [2.45, 2.75) is 49.1 Å². The van der Waals surface area contributed by atoms with Crippen molar-refractivity contribution in [3.63, 3.8) is 0 Å². The van der Waals surface area contributed by atoms with Crippen molar-refractivity contribution in [2.75, 3.05) is 24.7 Å². The van der Waals surface area contributed by atoms with Crippen LogP contribution in [0.3, 0.4) is 0 Å². The smallest absolute Gasteiger partial charge is 0.394 e. The Morgan fingerprint density at radius 3 is 2.55 bits per heavy atom. The number of phosphoric acid groups is 1. The number of aromatic amines is 1. The van der Waals surface area contributed by atoms with E-state index in [1.165, 1.54) is 17.1 Å². The number of hydrogen-bond donors (Lipinski definition) is 8. The summed E-state index contributed by atoms with van der Waals surface area (Å²) in [6.45, 7) is -1.42. The first-order valence-electron chi connectivity index (χ1n) is 12.4. The molecule has 21 heteroatoms. The molecule has 20 nitrogen and oxygen atoms in total. The fraction of sp³-hybridized carbons (Fsp3) is 0.476. The lowest BCUT2D eigenvalue weighted by Gasteiger charge is -2.24. The van der Waals surface area contributed by atoms with E-state index in [0.717, 1.165) is 10.9 Å². The molecule has 6 rings (SSSR count). The predicted octanol–water partition coefficient (Wildman–Crippen LogP) is -2.90. The van der Waals surface area contributed by atoms with Gasteiger partial charge in [-0.2, -0.15) is 4.98 Å². The molecule has 0 saturated carbocycles. The van der Waals surface area contributed by atoms with Crippen molar-refractivity contribution < 1.29 is 48.4 Å². The van der Waals surface area contributed by atoms with Crippen LogP contribution in [0.4, 0.5) is 11.8 Å². The van der Waals surface area contributed by atoms with Crippen LogP contribution in [-0.4, -0.2) is 109 Å². The molecule has 0 aliphatic carbocycles. The van der Waals surface area contributed by atoms with E-state index in [1.807, 2.05) is 0 Å². The Labute approximate surface area is 233 Å². The number of ether oxygens (including phenoxy) is 2. The summed E-state index contributed by atoms with van der Waals surface area (Å²) in [5.74, 6) is -0.0563. The van der Waals surface area contributed by atoms with Gasteiger partial charge in [-0.05, 0) is 6.07 Å². The molecule has 10 N–H and O–H groups in total. The molecule has 2 aliphatic heterocycles. The van der Waals surface area contributed by atoms with E-state index in [-0.39, 0.29) is 22.9 Å². The molecular weight excluding hydrogens is 585 g/mol. The number of nitrogens with zero attached hydrogens (tertiary/aromatic N) is 6. The van der Waals surface area contributed by atoms with E-state index in [2.05, 4.69) is 24.9 Å². The summed E-state index contributed by atoms with van der Waals surface area (Å²) in [6, 6.07) is 1.60. The summed E-state index contributed by atoms with van der Waals surface area (Å²) in [5, 5.41) is 42.0. The van der Waals surface area contributed by atoms with Gasteiger partial charge in [0.05, 0.1) is 24.9 Å². The Balaban J connectivity index is 1.19. The maximum atomic E-state index is 13.0. The summed E-state index contributed by atoms with van der Waals surface area (Å²) >= 11 is 0. The number of imidazole rings is 1. The first-order chi connectivity index (χ1) is 20.0. The van der Waals surface area contributed by atoms with Crippen LogP contribution in [-0.2, 0) is 23.1 Å². The third-order valence-corrected chi connectivity index (χ3v) is 8.01. The van der Waals surface area contributed by atoms with E-state index in [0.29, 0.717) is 11.0 Å². The molecule has 42 heavy (non-hydrogen) atoms. The van der Waals surface area contributed by atoms with Gasteiger partial charge in [-0.3, -0.25) is 23.4 Å². The lowest BCUT2D eigenvalue weighted by Crippen LogP contribution is -2.36. The van der Waals surface area contributed by atoms with Crippen LogP contribution in [0.15, 0.2) is 29.7 Å². The maximum Gasteiger partial charge on any atom is 0.472 e. The number of anilines is 2. The SMILES string of the molecule is Nc1nc2c(ncn2[C@@H]2O[C@H](CO)C(O)[C@@H]2OP(=O)(O)OC[C@H]2O[C@@H](n3ccc4c(N)ncnc43)[C@@H](O)C2O)c(=O)[nH]1. The molecule has 2 fully saturated rings. The standard InChI is InChI=1S/C21H26N9O11P/c22-15-7-1-2-29(16(7)25-5-24-15)19-13(34)11(32)9(40-19)4-38-42(36,37)41-14-12(33)8(3-31)39-20(14)30-6-26-10-17(30)27-21(23)28-18(10)35/h1-2,5-6,8-9,11-14,19-20,31-34H,3-4H2,(H,36,37)(H2,22,24,25)(H3,23,27,28,35)/t8-,9-,11?,12?,13+,14+,19-,20-/m1/s1. The van der Waals surface area contributed by atoms with Gasteiger partial charge in [0.2, 0.25) is 5.95 Å². The molecule has 4 aromatic heterocycles. The van der Waals surface area contributed by atoms with Crippen molar-refractivity contribution in [2.24, 2.45) is 0 Å². The maximum absolute atomic E-state index is 13.0. The van der Waals surface area contributed by atoms with Crippen molar-refractivity contribution in [3.05, 3.63) is 35.3 Å². The van der Waals surface area contributed by atoms with Crippen molar-refractivity contribution in [1.82, 2.24) is 34.1 Å². The highest BCUT2D eigenvalue weighted by molar-refractivity contribution is 7.47. The summed E-state index contributed by atoms with van der Waals surface area (Å²) in [4.78, 5) is 40.9. The predicted molar refractivity (Wildman–Crippen MR) is 138 cm³/mol. The third kappa shape index (κ3) is 4.82. The van der Waals surface area contributed by atoms with Crippen molar-refractivity contribution in [1.29, 1.82) is 0 Å². The molecule has 2 aliphatic rings. The molecule has 4 aromatic rings. The summed E-state index contributed by atoms with van der Waals surface area (Å²) < 4.78 is 37.2. The average Bonchev–Trinajstić information content (AvgIpc) is 3.69. The number of hydrogen-bond acceptors (Lipinski definition) is 16. The second kappa shape index (κ2) is 10.6. The lowest BCUT2D eigenvalue weighted by molar-refractivity contribution is -0.0614. The second-order valence-electron chi connectivity index (χ2n) is 9.61. The van der Waals surface area contributed by atoms with Gasteiger partial charge in [-0.1, -0.05) is 0 Å². The average molecular weight is 611 g/mol. The monoisotopic (exact) mass is 611 g/mol. The Morgan fingerprint density at radius 1 is 1.02 bits per heavy atom.